The molecule has 54 heavy (non-hydrogen) atoms. The molecule has 0 aromatic heterocycles. The lowest BCUT2D eigenvalue weighted by atomic mass is 9.94. The van der Waals surface area contributed by atoms with Gasteiger partial charge in [-0.3, -0.25) is 0 Å². The van der Waals surface area contributed by atoms with Gasteiger partial charge in [0.25, 0.3) is 0 Å². The summed E-state index contributed by atoms with van der Waals surface area (Å²) in [5, 5.41) is 0. The molecule has 0 bridgehead atoms. The van der Waals surface area contributed by atoms with Crippen molar-refractivity contribution >= 4 is 0 Å². The topological polar surface area (TPSA) is 0 Å². The van der Waals surface area contributed by atoms with Crippen molar-refractivity contribution in [3.8, 4) is 89.0 Å². The first-order valence-corrected chi connectivity index (χ1v) is 18.6. The summed E-state index contributed by atoms with van der Waals surface area (Å²) in [5.41, 5.74) is 19.5. The zero-order valence-corrected chi connectivity index (χ0v) is 29.9. The minimum atomic E-state index is 1.21. The van der Waals surface area contributed by atoms with E-state index in [4.69, 9.17) is 0 Å². The molecule has 0 aliphatic heterocycles. The fraction of sp³-hybridized carbons (Fsp3) is 0. The Bertz CT molecular complexity index is 2460. The Labute approximate surface area is 318 Å². The molecule has 0 amide bonds. The third kappa shape index (κ3) is 7.06. The molecule has 0 heterocycles. The van der Waals surface area contributed by atoms with Gasteiger partial charge < -0.3 is 0 Å². The van der Waals surface area contributed by atoms with E-state index >= 15 is 0 Å². The fourth-order valence-electron chi connectivity index (χ4n) is 7.34. The standard InChI is InChI=1S/C54H38/c1-3-11-39(12-4-1)47-15-7-19-51(35-47)53-21-9-17-49(37-53)45-31-27-43(28-32-45)41-23-25-42(26-24-41)44-29-33-46(34-30-44)50-18-10-22-54(38-50)52-20-8-16-48(36-52)40-13-5-2-6-14-40/h1-38H. The van der Waals surface area contributed by atoms with Gasteiger partial charge in [0.2, 0.25) is 0 Å². The van der Waals surface area contributed by atoms with Crippen LogP contribution in [-0.2, 0) is 0 Å². The summed E-state index contributed by atoms with van der Waals surface area (Å²) >= 11 is 0. The summed E-state index contributed by atoms with van der Waals surface area (Å²) in [4.78, 5) is 0. The van der Waals surface area contributed by atoms with Gasteiger partial charge in [0.15, 0.2) is 0 Å². The molecule has 0 aliphatic rings. The van der Waals surface area contributed by atoms with Crippen molar-refractivity contribution < 1.29 is 0 Å². The summed E-state index contributed by atoms with van der Waals surface area (Å²) in [6.45, 7) is 0. The van der Waals surface area contributed by atoms with E-state index in [0.717, 1.165) is 0 Å². The van der Waals surface area contributed by atoms with Crippen LogP contribution in [0.25, 0.3) is 89.0 Å². The van der Waals surface area contributed by atoms with Gasteiger partial charge in [-0.25, -0.2) is 0 Å². The Balaban J connectivity index is 0.891. The molecular formula is C54H38. The van der Waals surface area contributed by atoms with Crippen LogP contribution in [0.15, 0.2) is 231 Å². The monoisotopic (exact) mass is 686 g/mol. The molecule has 0 heteroatoms. The highest BCUT2D eigenvalue weighted by molar-refractivity contribution is 5.80. The quantitative estimate of drug-likeness (QED) is 0.149. The molecule has 0 aliphatic carbocycles. The average molecular weight is 687 g/mol. The molecule has 0 fully saturated rings. The normalized spacial score (nSPS) is 11.0. The Morgan fingerprint density at radius 3 is 0.481 bits per heavy atom. The number of rotatable bonds is 8. The summed E-state index contributed by atoms with van der Waals surface area (Å²) in [6.07, 6.45) is 0. The maximum Gasteiger partial charge on any atom is -0.0178 e. The lowest BCUT2D eigenvalue weighted by Crippen LogP contribution is -1.85. The van der Waals surface area contributed by atoms with E-state index in [1.807, 2.05) is 0 Å². The first-order valence-electron chi connectivity index (χ1n) is 18.6. The van der Waals surface area contributed by atoms with Crippen molar-refractivity contribution in [1.82, 2.24) is 0 Å². The molecule has 0 spiro atoms. The highest BCUT2D eigenvalue weighted by Crippen LogP contribution is 2.34. The summed E-state index contributed by atoms with van der Waals surface area (Å²) in [5.74, 6) is 0. The van der Waals surface area contributed by atoms with E-state index in [0.29, 0.717) is 0 Å². The third-order valence-electron chi connectivity index (χ3n) is 10.3. The van der Waals surface area contributed by atoms with Gasteiger partial charge in [-0.15, -0.1) is 0 Å². The average Bonchev–Trinajstić information content (AvgIpc) is 3.27. The second-order valence-corrected chi connectivity index (χ2v) is 13.8. The maximum absolute atomic E-state index is 2.29. The smallest absolute Gasteiger partial charge is 0.0178 e. The molecule has 0 nitrogen and oxygen atoms in total. The predicted octanol–water partition coefficient (Wildman–Crippen LogP) is 15.0. The van der Waals surface area contributed by atoms with E-state index in [1.165, 1.54) is 89.0 Å². The van der Waals surface area contributed by atoms with Crippen LogP contribution in [0.1, 0.15) is 0 Å². The van der Waals surface area contributed by atoms with Crippen LogP contribution in [-0.4, -0.2) is 0 Å². The molecule has 0 unspecified atom stereocenters. The Morgan fingerprint density at radius 1 is 0.111 bits per heavy atom. The van der Waals surface area contributed by atoms with Crippen molar-refractivity contribution in [2.45, 2.75) is 0 Å². The molecule has 0 atom stereocenters. The number of benzene rings is 9. The van der Waals surface area contributed by atoms with Crippen molar-refractivity contribution in [2.24, 2.45) is 0 Å². The highest BCUT2D eigenvalue weighted by Gasteiger charge is 2.08. The molecule has 0 saturated heterocycles. The highest BCUT2D eigenvalue weighted by atomic mass is 14.1. The van der Waals surface area contributed by atoms with Crippen molar-refractivity contribution in [1.29, 1.82) is 0 Å². The van der Waals surface area contributed by atoms with E-state index in [-0.39, 0.29) is 0 Å². The molecule has 0 radical (unpaired) electrons. The number of hydrogen-bond donors (Lipinski definition) is 0. The molecule has 9 aromatic rings. The van der Waals surface area contributed by atoms with Crippen LogP contribution < -0.4 is 0 Å². The lowest BCUT2D eigenvalue weighted by molar-refractivity contribution is 1.55. The minimum absolute atomic E-state index is 1.21. The van der Waals surface area contributed by atoms with Crippen LogP contribution in [0.4, 0.5) is 0 Å². The Hall–Kier alpha value is -7.02. The zero-order valence-electron chi connectivity index (χ0n) is 29.9. The van der Waals surface area contributed by atoms with Crippen LogP contribution >= 0.6 is 0 Å². The predicted molar refractivity (Wildman–Crippen MR) is 230 cm³/mol. The SMILES string of the molecule is c1ccc(-c2cccc(-c3cccc(-c4ccc(-c5ccc(-c6ccc(-c7cccc(-c8cccc(-c9ccccc9)c8)c7)cc6)cc5)cc4)c3)c2)cc1. The van der Waals surface area contributed by atoms with Gasteiger partial charge in [0, 0.05) is 0 Å². The van der Waals surface area contributed by atoms with Gasteiger partial charge in [0.1, 0.15) is 0 Å². The molecule has 9 rings (SSSR count). The summed E-state index contributed by atoms with van der Waals surface area (Å²) in [6, 6.07) is 83.2. The van der Waals surface area contributed by atoms with Gasteiger partial charge in [-0.2, -0.15) is 0 Å². The maximum atomic E-state index is 2.29. The van der Waals surface area contributed by atoms with Gasteiger partial charge >= 0.3 is 0 Å². The molecule has 0 saturated carbocycles. The summed E-state index contributed by atoms with van der Waals surface area (Å²) < 4.78 is 0. The summed E-state index contributed by atoms with van der Waals surface area (Å²) in [7, 11) is 0. The van der Waals surface area contributed by atoms with Crippen LogP contribution in [0.3, 0.4) is 0 Å². The van der Waals surface area contributed by atoms with E-state index in [2.05, 4.69) is 231 Å². The molecular weight excluding hydrogens is 649 g/mol. The first kappa shape index (κ1) is 32.9. The molecule has 254 valence electrons. The van der Waals surface area contributed by atoms with Crippen molar-refractivity contribution in [3.63, 3.8) is 0 Å². The van der Waals surface area contributed by atoms with Crippen LogP contribution in [0.5, 0.6) is 0 Å². The molecule has 0 N–H and O–H groups in total. The van der Waals surface area contributed by atoms with E-state index < -0.39 is 0 Å². The van der Waals surface area contributed by atoms with Crippen molar-refractivity contribution in [2.75, 3.05) is 0 Å². The van der Waals surface area contributed by atoms with Crippen molar-refractivity contribution in [3.05, 3.63) is 231 Å². The second kappa shape index (κ2) is 14.9. The number of hydrogen-bond acceptors (Lipinski definition) is 0. The third-order valence-corrected chi connectivity index (χ3v) is 10.3. The largest absolute Gasteiger partial charge is 0.0622 e. The lowest BCUT2D eigenvalue weighted by Gasteiger charge is -2.10. The fourth-order valence-corrected chi connectivity index (χ4v) is 7.34. The zero-order chi connectivity index (χ0) is 36.1. The van der Waals surface area contributed by atoms with Gasteiger partial charge in [-0.1, -0.05) is 206 Å². The minimum Gasteiger partial charge on any atom is -0.0622 e. The van der Waals surface area contributed by atoms with E-state index in [9.17, 15) is 0 Å². The van der Waals surface area contributed by atoms with E-state index in [1.54, 1.807) is 0 Å². The van der Waals surface area contributed by atoms with Crippen LogP contribution in [0, 0.1) is 0 Å². The Kier molecular flexibility index (Phi) is 9.07. The molecule has 9 aromatic carbocycles. The van der Waals surface area contributed by atoms with Gasteiger partial charge in [0.05, 0.1) is 0 Å². The first-order chi connectivity index (χ1) is 26.7. The second-order valence-electron chi connectivity index (χ2n) is 13.8. The van der Waals surface area contributed by atoms with Crippen LogP contribution in [0.2, 0.25) is 0 Å². The van der Waals surface area contributed by atoms with Gasteiger partial charge in [-0.05, 0) is 113 Å². The Morgan fingerprint density at radius 2 is 0.259 bits per heavy atom.